The molecule has 0 saturated heterocycles. The van der Waals surface area contributed by atoms with Gasteiger partial charge in [0.2, 0.25) is 0 Å². The van der Waals surface area contributed by atoms with Crippen molar-refractivity contribution in [2.75, 3.05) is 0 Å². The predicted molar refractivity (Wildman–Crippen MR) is 112 cm³/mol. The van der Waals surface area contributed by atoms with E-state index < -0.39 is 0 Å². The van der Waals surface area contributed by atoms with Crippen molar-refractivity contribution in [1.82, 2.24) is 9.55 Å². The second kappa shape index (κ2) is 6.11. The molecule has 5 aromatic rings. The van der Waals surface area contributed by atoms with Gasteiger partial charge in [-0.25, -0.2) is 0 Å². The van der Waals surface area contributed by atoms with Crippen LogP contribution in [0.15, 0.2) is 95.7 Å². The third kappa shape index (κ3) is 2.36. The van der Waals surface area contributed by atoms with Gasteiger partial charge in [0.25, 0.3) is 0 Å². The Labute approximate surface area is 159 Å². The van der Waals surface area contributed by atoms with Crippen molar-refractivity contribution in [1.29, 1.82) is 0 Å². The number of para-hydroxylation sites is 2. The molecule has 3 aromatic carbocycles. The number of hydrogen-bond acceptors (Lipinski definition) is 1. The molecule has 0 N–H and O–H groups in total. The van der Waals surface area contributed by atoms with Crippen LogP contribution in [0.3, 0.4) is 0 Å². The molecule has 26 heavy (non-hydrogen) atoms. The summed E-state index contributed by atoms with van der Waals surface area (Å²) in [4.78, 5) is 4.33. The van der Waals surface area contributed by atoms with Crippen molar-refractivity contribution in [3.05, 3.63) is 95.7 Å². The van der Waals surface area contributed by atoms with Crippen LogP contribution in [0.2, 0.25) is 0 Å². The van der Waals surface area contributed by atoms with Crippen LogP contribution in [0.5, 0.6) is 0 Å². The van der Waals surface area contributed by atoms with E-state index in [9.17, 15) is 0 Å². The lowest BCUT2D eigenvalue weighted by molar-refractivity contribution is 1.18. The minimum Gasteiger partial charge on any atom is -0.309 e. The number of aromatic nitrogens is 2. The number of fused-ring (bicyclic) bond motifs is 3. The maximum Gasteiger partial charge on any atom is 0.0620 e. The fraction of sp³-hybridized carbons (Fsp3) is 0. The highest BCUT2D eigenvalue weighted by atomic mass is 79.9. The van der Waals surface area contributed by atoms with E-state index in [0.29, 0.717) is 0 Å². The van der Waals surface area contributed by atoms with Crippen molar-refractivity contribution >= 4 is 37.7 Å². The molecule has 0 radical (unpaired) electrons. The molecule has 0 aliphatic rings. The first-order chi connectivity index (χ1) is 12.8. The number of pyridine rings is 1. The molecule has 2 heterocycles. The van der Waals surface area contributed by atoms with Crippen LogP contribution in [-0.2, 0) is 0 Å². The zero-order valence-electron chi connectivity index (χ0n) is 13.9. The molecule has 3 heteroatoms. The summed E-state index contributed by atoms with van der Waals surface area (Å²) in [5, 5.41) is 2.48. The van der Waals surface area contributed by atoms with Gasteiger partial charge in [-0.15, -0.1) is 0 Å². The maximum atomic E-state index is 4.33. The number of hydrogen-bond donors (Lipinski definition) is 0. The molecule has 2 nitrogen and oxygen atoms in total. The SMILES string of the molecule is Brc1cc(-c2cccnc2)c2c(c1)c1ccccc1n2-c1ccccc1. The molecule has 0 amide bonds. The van der Waals surface area contributed by atoms with E-state index in [0.717, 1.165) is 15.7 Å². The fourth-order valence-electron chi connectivity index (χ4n) is 3.65. The second-order valence-electron chi connectivity index (χ2n) is 6.28. The molecule has 0 unspecified atom stereocenters. The van der Waals surface area contributed by atoms with E-state index in [2.05, 4.69) is 98.3 Å². The average Bonchev–Trinajstić information content (AvgIpc) is 3.03. The van der Waals surface area contributed by atoms with Gasteiger partial charge in [-0.1, -0.05) is 58.4 Å². The Bertz CT molecular complexity index is 1230. The quantitative estimate of drug-likeness (QED) is 0.327. The molecule has 0 bridgehead atoms. The highest BCUT2D eigenvalue weighted by Crippen LogP contribution is 2.39. The van der Waals surface area contributed by atoms with Gasteiger partial charge < -0.3 is 4.57 Å². The molecule has 0 fully saturated rings. The molecule has 0 aliphatic carbocycles. The van der Waals surface area contributed by atoms with Gasteiger partial charge in [0.1, 0.15) is 0 Å². The zero-order chi connectivity index (χ0) is 17.5. The molecule has 2 aromatic heterocycles. The molecule has 0 atom stereocenters. The molecular weight excluding hydrogens is 384 g/mol. The highest BCUT2D eigenvalue weighted by molar-refractivity contribution is 9.10. The summed E-state index contributed by atoms with van der Waals surface area (Å²) >= 11 is 3.70. The normalized spacial score (nSPS) is 11.3. The van der Waals surface area contributed by atoms with Crippen molar-refractivity contribution in [3.63, 3.8) is 0 Å². The summed E-state index contributed by atoms with van der Waals surface area (Å²) < 4.78 is 3.42. The molecule has 0 saturated carbocycles. The van der Waals surface area contributed by atoms with Crippen molar-refractivity contribution in [3.8, 4) is 16.8 Å². The number of benzene rings is 3. The Morgan fingerprint density at radius 1 is 0.769 bits per heavy atom. The number of nitrogens with zero attached hydrogens (tertiary/aromatic N) is 2. The van der Waals surface area contributed by atoms with Crippen molar-refractivity contribution < 1.29 is 0 Å². The number of rotatable bonds is 2. The summed E-state index contributed by atoms with van der Waals surface area (Å²) in [6.07, 6.45) is 3.74. The topological polar surface area (TPSA) is 17.8 Å². The Balaban J connectivity index is 2.02. The van der Waals surface area contributed by atoms with Crippen molar-refractivity contribution in [2.45, 2.75) is 0 Å². The molecule has 124 valence electrons. The molecule has 0 spiro atoms. The van der Waals surface area contributed by atoms with Gasteiger partial charge in [0.05, 0.1) is 11.0 Å². The third-order valence-electron chi connectivity index (χ3n) is 4.72. The van der Waals surface area contributed by atoms with Gasteiger partial charge in [-0.2, -0.15) is 0 Å². The van der Waals surface area contributed by atoms with Crippen LogP contribution in [0.25, 0.3) is 38.6 Å². The molecule has 0 aliphatic heterocycles. The zero-order valence-corrected chi connectivity index (χ0v) is 15.5. The Morgan fingerprint density at radius 2 is 1.58 bits per heavy atom. The summed E-state index contributed by atoms with van der Waals surface area (Å²) in [6.45, 7) is 0. The van der Waals surface area contributed by atoms with E-state index in [1.54, 1.807) is 0 Å². The first-order valence-electron chi connectivity index (χ1n) is 8.51. The van der Waals surface area contributed by atoms with E-state index in [1.165, 1.54) is 27.4 Å². The van der Waals surface area contributed by atoms with Gasteiger partial charge in [-0.3, -0.25) is 4.98 Å². The van der Waals surface area contributed by atoms with Crippen LogP contribution in [0.4, 0.5) is 0 Å². The van der Waals surface area contributed by atoms with Crippen LogP contribution < -0.4 is 0 Å². The van der Waals surface area contributed by atoms with E-state index in [1.807, 2.05) is 18.5 Å². The van der Waals surface area contributed by atoms with E-state index in [-0.39, 0.29) is 0 Å². The lowest BCUT2D eigenvalue weighted by atomic mass is 10.0. The van der Waals surface area contributed by atoms with E-state index in [4.69, 9.17) is 0 Å². The minimum atomic E-state index is 1.07. The van der Waals surface area contributed by atoms with Gasteiger partial charge in [0, 0.05) is 44.5 Å². The monoisotopic (exact) mass is 398 g/mol. The summed E-state index contributed by atoms with van der Waals surface area (Å²) in [6, 6.07) is 27.6. The predicted octanol–water partition coefficient (Wildman–Crippen LogP) is 6.61. The Morgan fingerprint density at radius 3 is 2.38 bits per heavy atom. The van der Waals surface area contributed by atoms with E-state index >= 15 is 0 Å². The van der Waals surface area contributed by atoms with Crippen molar-refractivity contribution in [2.24, 2.45) is 0 Å². The first-order valence-corrected chi connectivity index (χ1v) is 9.31. The molecule has 5 rings (SSSR count). The van der Waals surface area contributed by atoms with Crippen LogP contribution in [0, 0.1) is 0 Å². The van der Waals surface area contributed by atoms with Crippen LogP contribution in [0.1, 0.15) is 0 Å². The maximum absolute atomic E-state index is 4.33. The smallest absolute Gasteiger partial charge is 0.0620 e. The lowest BCUT2D eigenvalue weighted by Crippen LogP contribution is -1.95. The van der Waals surface area contributed by atoms with Gasteiger partial charge >= 0.3 is 0 Å². The summed E-state index contributed by atoms with van der Waals surface area (Å²) in [5.74, 6) is 0. The average molecular weight is 399 g/mol. The highest BCUT2D eigenvalue weighted by Gasteiger charge is 2.17. The largest absolute Gasteiger partial charge is 0.309 e. The molecular formula is C23H15BrN2. The van der Waals surface area contributed by atoms with Gasteiger partial charge in [0.15, 0.2) is 0 Å². The van der Waals surface area contributed by atoms with Crippen LogP contribution in [-0.4, -0.2) is 9.55 Å². The standard InChI is InChI=1S/C23H15BrN2/c24-17-13-20(16-7-6-12-25-15-16)23-21(14-17)19-10-4-5-11-22(19)26(23)18-8-2-1-3-9-18/h1-15H. The Hall–Kier alpha value is -2.91. The summed E-state index contributed by atoms with van der Waals surface area (Å²) in [7, 11) is 0. The van der Waals surface area contributed by atoms with Gasteiger partial charge in [-0.05, 0) is 36.4 Å². The Kier molecular flexibility index (Phi) is 3.61. The number of halogens is 1. The minimum absolute atomic E-state index is 1.07. The first kappa shape index (κ1) is 15.4. The second-order valence-corrected chi connectivity index (χ2v) is 7.20. The summed E-state index contributed by atoms with van der Waals surface area (Å²) in [5.41, 5.74) is 5.85. The third-order valence-corrected chi connectivity index (χ3v) is 5.18. The fourth-order valence-corrected chi connectivity index (χ4v) is 4.11. The van der Waals surface area contributed by atoms with Crippen LogP contribution >= 0.6 is 15.9 Å². The lowest BCUT2D eigenvalue weighted by Gasteiger charge is -2.12.